The van der Waals surface area contributed by atoms with Crippen molar-refractivity contribution in [1.29, 1.82) is 0 Å². The zero-order valence-corrected chi connectivity index (χ0v) is 17.0. The molecule has 5 rings (SSSR count). The number of carbonyl (C=O) groups excluding carboxylic acids is 1. The fourth-order valence-electron chi connectivity index (χ4n) is 5.41. The Morgan fingerprint density at radius 2 is 1.80 bits per heavy atom. The summed E-state index contributed by atoms with van der Waals surface area (Å²) >= 11 is 0. The summed E-state index contributed by atoms with van der Waals surface area (Å²) < 4.78 is 2.34. The minimum Gasteiger partial charge on any atom is -0.465 e. The number of rotatable bonds is 2. The molecule has 154 valence electrons. The molecule has 2 aliphatic rings. The van der Waals surface area contributed by atoms with Crippen LogP contribution in [-0.4, -0.2) is 28.6 Å². The molecule has 1 aliphatic heterocycles. The Morgan fingerprint density at radius 3 is 2.57 bits per heavy atom. The normalized spacial score (nSPS) is 17.1. The van der Waals surface area contributed by atoms with Crippen molar-refractivity contribution in [2.75, 3.05) is 11.4 Å². The summed E-state index contributed by atoms with van der Waals surface area (Å²) in [6.07, 6.45) is 6.78. The highest BCUT2D eigenvalue weighted by Gasteiger charge is 2.30. The molecular weight excluding hydrogens is 376 g/mol. The van der Waals surface area contributed by atoms with Crippen molar-refractivity contribution in [2.45, 2.75) is 51.0 Å². The molecular formula is C25H26N2O3. The number of nitrogens with zero attached hydrogens (tertiary/aromatic N) is 2. The van der Waals surface area contributed by atoms with Gasteiger partial charge in [-0.3, -0.25) is 9.69 Å². The van der Waals surface area contributed by atoms with E-state index in [1.54, 1.807) is 0 Å². The Bertz CT molecular complexity index is 1120. The van der Waals surface area contributed by atoms with Gasteiger partial charge in [-0.05, 0) is 42.9 Å². The van der Waals surface area contributed by atoms with Gasteiger partial charge in [0.15, 0.2) is 0 Å². The van der Waals surface area contributed by atoms with Crippen molar-refractivity contribution >= 4 is 29.0 Å². The first-order chi connectivity index (χ1) is 14.7. The largest absolute Gasteiger partial charge is 0.465 e. The predicted octanol–water partition coefficient (Wildman–Crippen LogP) is 6.06. The third-order valence-corrected chi connectivity index (χ3v) is 6.72. The van der Waals surface area contributed by atoms with Crippen LogP contribution in [-0.2, 0) is 6.54 Å². The summed E-state index contributed by atoms with van der Waals surface area (Å²) in [4.78, 5) is 25.0. The first-order valence-corrected chi connectivity index (χ1v) is 10.9. The predicted molar refractivity (Wildman–Crippen MR) is 119 cm³/mol. The van der Waals surface area contributed by atoms with E-state index in [1.165, 1.54) is 35.1 Å². The molecule has 1 amide bonds. The second-order valence-corrected chi connectivity index (χ2v) is 8.45. The average molecular weight is 402 g/mol. The van der Waals surface area contributed by atoms with Crippen LogP contribution in [0.2, 0.25) is 0 Å². The first-order valence-electron chi connectivity index (χ1n) is 10.9. The maximum absolute atomic E-state index is 12.0. The Balaban J connectivity index is 1.85. The second kappa shape index (κ2) is 7.63. The Morgan fingerprint density at radius 1 is 1.00 bits per heavy atom. The first kappa shape index (κ1) is 18.9. The third-order valence-electron chi connectivity index (χ3n) is 6.72. The molecule has 1 saturated carbocycles. The number of aryl methyl sites for hydroxylation is 1. The lowest BCUT2D eigenvalue weighted by Gasteiger charge is -2.28. The number of para-hydroxylation sites is 1. The molecule has 0 spiro atoms. The van der Waals surface area contributed by atoms with Gasteiger partial charge in [0.2, 0.25) is 0 Å². The van der Waals surface area contributed by atoms with Crippen LogP contribution in [0.3, 0.4) is 0 Å². The van der Waals surface area contributed by atoms with Gasteiger partial charge < -0.3 is 9.67 Å². The van der Waals surface area contributed by atoms with Crippen molar-refractivity contribution in [3.63, 3.8) is 0 Å². The van der Waals surface area contributed by atoms with E-state index in [0.717, 1.165) is 54.6 Å². The minimum absolute atomic E-state index is 0.456. The van der Waals surface area contributed by atoms with E-state index in [0.29, 0.717) is 18.0 Å². The van der Waals surface area contributed by atoms with Crippen molar-refractivity contribution in [3.8, 4) is 11.3 Å². The van der Waals surface area contributed by atoms with Crippen LogP contribution < -0.4 is 4.90 Å². The molecule has 5 nitrogen and oxygen atoms in total. The van der Waals surface area contributed by atoms with E-state index in [9.17, 15) is 14.7 Å². The van der Waals surface area contributed by atoms with Gasteiger partial charge in [-0.1, -0.05) is 49.6 Å². The molecule has 0 bridgehead atoms. The molecule has 1 aliphatic carbocycles. The number of anilines is 1. The van der Waals surface area contributed by atoms with Crippen LogP contribution in [0, 0.1) is 0 Å². The number of carbonyl (C=O) groups is 2. The van der Waals surface area contributed by atoms with Crippen LogP contribution in [0.5, 0.6) is 0 Å². The van der Waals surface area contributed by atoms with Gasteiger partial charge in [-0.15, -0.1) is 0 Å². The van der Waals surface area contributed by atoms with Crippen LogP contribution in [0.25, 0.3) is 22.2 Å². The lowest BCUT2D eigenvalue weighted by atomic mass is 9.81. The highest BCUT2D eigenvalue weighted by Crippen LogP contribution is 2.47. The molecule has 0 radical (unpaired) electrons. The van der Waals surface area contributed by atoms with Crippen molar-refractivity contribution in [2.24, 2.45) is 0 Å². The van der Waals surface area contributed by atoms with Crippen molar-refractivity contribution < 1.29 is 14.7 Å². The van der Waals surface area contributed by atoms with Gasteiger partial charge in [0.1, 0.15) is 6.29 Å². The monoisotopic (exact) mass is 402 g/mol. The second-order valence-electron chi connectivity index (χ2n) is 8.45. The number of hydrogen-bond acceptors (Lipinski definition) is 2. The zero-order valence-electron chi connectivity index (χ0n) is 17.0. The molecule has 1 N–H and O–H groups in total. The van der Waals surface area contributed by atoms with Crippen LogP contribution in [0.4, 0.5) is 10.5 Å². The van der Waals surface area contributed by atoms with Crippen LogP contribution >= 0.6 is 0 Å². The Hall–Kier alpha value is -3.08. The molecule has 1 aromatic heterocycles. The summed E-state index contributed by atoms with van der Waals surface area (Å²) in [6.45, 7) is 1.19. The lowest BCUT2D eigenvalue weighted by molar-refractivity contribution is 0.112. The number of carboxylic acid groups (broad SMARTS) is 1. The van der Waals surface area contributed by atoms with Crippen molar-refractivity contribution in [1.82, 2.24) is 4.57 Å². The summed E-state index contributed by atoms with van der Waals surface area (Å²) in [5.74, 6) is 0.463. The highest BCUT2D eigenvalue weighted by molar-refractivity contribution is 6.00. The molecule has 3 aromatic rings. The van der Waals surface area contributed by atoms with Crippen LogP contribution in [0.1, 0.15) is 60.4 Å². The smallest absolute Gasteiger partial charge is 0.411 e. The maximum atomic E-state index is 12.0. The number of aromatic nitrogens is 1. The number of aldehydes is 1. The lowest BCUT2D eigenvalue weighted by Crippen LogP contribution is -2.32. The van der Waals surface area contributed by atoms with Gasteiger partial charge in [-0.25, -0.2) is 4.79 Å². The van der Waals surface area contributed by atoms with Crippen LogP contribution in [0.15, 0.2) is 42.5 Å². The number of amides is 1. The van der Waals surface area contributed by atoms with E-state index in [1.807, 2.05) is 36.4 Å². The summed E-state index contributed by atoms with van der Waals surface area (Å²) in [5, 5.41) is 11.1. The third kappa shape index (κ3) is 3.00. The van der Waals surface area contributed by atoms with Gasteiger partial charge in [-0.2, -0.15) is 0 Å². The van der Waals surface area contributed by atoms with Crippen molar-refractivity contribution in [3.05, 3.63) is 53.6 Å². The topological polar surface area (TPSA) is 62.5 Å². The fourth-order valence-corrected chi connectivity index (χ4v) is 5.41. The molecule has 1 fully saturated rings. The summed E-state index contributed by atoms with van der Waals surface area (Å²) in [6, 6.07) is 13.9. The molecule has 30 heavy (non-hydrogen) atoms. The van der Waals surface area contributed by atoms with E-state index < -0.39 is 6.09 Å². The molecule has 2 heterocycles. The maximum Gasteiger partial charge on any atom is 0.411 e. The van der Waals surface area contributed by atoms with Gasteiger partial charge in [0, 0.05) is 35.1 Å². The zero-order chi connectivity index (χ0) is 20.7. The number of benzene rings is 2. The van der Waals surface area contributed by atoms with E-state index in [2.05, 4.69) is 10.6 Å². The summed E-state index contributed by atoms with van der Waals surface area (Å²) in [7, 11) is 0. The Kier molecular flexibility index (Phi) is 4.81. The molecule has 0 saturated heterocycles. The van der Waals surface area contributed by atoms with E-state index >= 15 is 0 Å². The van der Waals surface area contributed by atoms with E-state index in [-0.39, 0.29) is 0 Å². The standard InChI is InChI=1S/C25H26N2O3/c28-16-17-11-12-19-22(15-17)26-13-6-14-27(25(29)30)21-10-5-4-9-20(21)24(26)23(19)18-7-2-1-3-8-18/h4-5,9-12,15-16,18H,1-3,6-8,13-14H2,(H,29,30). The van der Waals surface area contributed by atoms with Gasteiger partial charge >= 0.3 is 6.09 Å². The van der Waals surface area contributed by atoms with Gasteiger partial charge in [0.05, 0.1) is 11.4 Å². The molecule has 0 atom stereocenters. The van der Waals surface area contributed by atoms with E-state index in [4.69, 9.17) is 0 Å². The molecule has 0 unspecified atom stereocenters. The quantitative estimate of drug-likeness (QED) is 0.530. The average Bonchev–Trinajstić information content (AvgIpc) is 3.08. The van der Waals surface area contributed by atoms with Gasteiger partial charge in [0.25, 0.3) is 0 Å². The SMILES string of the molecule is O=Cc1ccc2c(C3CCCCC3)c3n(c2c1)CCCN(C(=O)O)c1ccccc1-3. The summed E-state index contributed by atoms with van der Waals surface area (Å²) in [5.41, 5.74) is 5.98. The number of fused-ring (bicyclic) bond motifs is 5. The number of hydrogen-bond donors (Lipinski definition) is 1. The minimum atomic E-state index is -0.908. The fraction of sp³-hybridized carbons (Fsp3) is 0.360. The molecule has 2 aromatic carbocycles. The molecule has 5 heteroatoms. The Labute approximate surface area is 175 Å². The highest BCUT2D eigenvalue weighted by atomic mass is 16.4.